The Hall–Kier alpha value is -5.22. The average molecular weight is 537 g/mol. The molecule has 0 aromatic heterocycles. The molecule has 0 spiro atoms. The second kappa shape index (κ2) is 10.1. The number of fused-ring (bicyclic) bond motifs is 5. The van der Waals surface area contributed by atoms with Crippen LogP contribution in [0.4, 0.5) is 0 Å². The van der Waals surface area contributed by atoms with Gasteiger partial charge in [-0.15, -0.1) is 0 Å². The Labute approximate surface area is 239 Å². The van der Waals surface area contributed by atoms with Gasteiger partial charge in [0, 0.05) is 11.1 Å². The van der Waals surface area contributed by atoms with Crippen LogP contribution in [0.15, 0.2) is 133 Å². The van der Waals surface area contributed by atoms with Crippen LogP contribution in [0.3, 0.4) is 0 Å². The molecule has 5 aromatic carbocycles. The van der Waals surface area contributed by atoms with Crippen LogP contribution in [-0.2, 0) is 15.0 Å². The van der Waals surface area contributed by atoms with E-state index in [2.05, 4.69) is 67.8 Å². The van der Waals surface area contributed by atoms with Crippen molar-refractivity contribution in [1.82, 2.24) is 0 Å². The normalized spacial score (nSPS) is 12.7. The van der Waals surface area contributed by atoms with Crippen LogP contribution < -0.4 is 9.47 Å². The first kappa shape index (κ1) is 26.0. The Bertz CT molecular complexity index is 1790. The molecule has 1 aliphatic carbocycles. The van der Waals surface area contributed by atoms with Gasteiger partial charge in [0.1, 0.15) is 11.5 Å². The van der Waals surface area contributed by atoms with E-state index in [4.69, 9.17) is 9.47 Å². The third-order valence-electron chi connectivity index (χ3n) is 7.62. The first-order valence-corrected chi connectivity index (χ1v) is 13.4. The van der Waals surface area contributed by atoms with Gasteiger partial charge in [-0.05, 0) is 82.3 Å². The number of benzene rings is 5. The molecule has 0 heterocycles. The summed E-state index contributed by atoms with van der Waals surface area (Å²) in [6, 6.07) is 36.6. The molecule has 0 atom stereocenters. The molecule has 0 fully saturated rings. The molecule has 0 N–H and O–H groups in total. The third kappa shape index (κ3) is 4.25. The number of carbonyl (C=O) groups excluding carboxylic acids is 2. The zero-order valence-electron chi connectivity index (χ0n) is 22.9. The minimum Gasteiger partial charge on any atom is -0.423 e. The van der Waals surface area contributed by atoms with Crippen LogP contribution in [0.5, 0.6) is 11.5 Å². The predicted molar refractivity (Wildman–Crippen MR) is 162 cm³/mol. The van der Waals surface area contributed by atoms with E-state index in [0.29, 0.717) is 22.6 Å². The van der Waals surface area contributed by atoms with Crippen LogP contribution in [-0.4, -0.2) is 11.9 Å². The molecule has 0 unspecified atom stereocenters. The molecular weight excluding hydrogens is 508 g/mol. The van der Waals surface area contributed by atoms with Crippen molar-refractivity contribution in [2.24, 2.45) is 0 Å². The lowest BCUT2D eigenvalue weighted by Crippen LogP contribution is -2.29. The van der Waals surface area contributed by atoms with Gasteiger partial charge in [-0.2, -0.15) is 0 Å². The highest BCUT2D eigenvalue weighted by atomic mass is 16.5. The molecule has 0 saturated carbocycles. The van der Waals surface area contributed by atoms with Crippen molar-refractivity contribution in [3.63, 3.8) is 0 Å². The summed E-state index contributed by atoms with van der Waals surface area (Å²) in [7, 11) is 0. The number of hydrogen-bond acceptors (Lipinski definition) is 4. The fraction of sp³-hybridized carbons (Fsp3) is 0.0811. The second-order valence-corrected chi connectivity index (χ2v) is 10.4. The van der Waals surface area contributed by atoms with Gasteiger partial charge in [-0.1, -0.05) is 98.1 Å². The Kier molecular flexibility index (Phi) is 6.39. The van der Waals surface area contributed by atoms with E-state index in [0.717, 1.165) is 38.6 Å². The van der Waals surface area contributed by atoms with Crippen molar-refractivity contribution in [2.75, 3.05) is 0 Å². The summed E-state index contributed by atoms with van der Waals surface area (Å²) in [5, 5.41) is 2.29. The van der Waals surface area contributed by atoms with Crippen LogP contribution in [0.1, 0.15) is 36.1 Å². The second-order valence-electron chi connectivity index (χ2n) is 10.4. The van der Waals surface area contributed by atoms with Gasteiger partial charge >= 0.3 is 11.9 Å². The first-order valence-electron chi connectivity index (χ1n) is 13.4. The van der Waals surface area contributed by atoms with Gasteiger partial charge in [-0.25, -0.2) is 9.59 Å². The SMILES string of the molecule is C=C(C)C(=O)Oc1ccc(C2(c3ccc(OC(=O)C(=C)C)cc3)c3ccccc3-c3ccc4ccccc4c32)cc1. The minimum absolute atomic E-state index is 0.336. The molecule has 4 heteroatoms. The number of ether oxygens (including phenoxy) is 2. The van der Waals surface area contributed by atoms with E-state index in [1.165, 1.54) is 5.56 Å². The lowest BCUT2D eigenvalue weighted by atomic mass is 9.66. The highest BCUT2D eigenvalue weighted by Crippen LogP contribution is 2.58. The maximum atomic E-state index is 12.2. The smallest absolute Gasteiger partial charge is 0.338 e. The Morgan fingerprint density at radius 2 is 1.10 bits per heavy atom. The van der Waals surface area contributed by atoms with Gasteiger partial charge < -0.3 is 9.47 Å². The van der Waals surface area contributed by atoms with Crippen molar-refractivity contribution in [2.45, 2.75) is 19.3 Å². The molecule has 41 heavy (non-hydrogen) atoms. The molecule has 200 valence electrons. The van der Waals surface area contributed by atoms with E-state index in [1.54, 1.807) is 13.8 Å². The zero-order valence-corrected chi connectivity index (χ0v) is 22.9. The fourth-order valence-electron chi connectivity index (χ4n) is 5.78. The Morgan fingerprint density at radius 1 is 0.585 bits per heavy atom. The maximum Gasteiger partial charge on any atom is 0.338 e. The topological polar surface area (TPSA) is 52.6 Å². The lowest BCUT2D eigenvalue weighted by Gasteiger charge is -2.34. The minimum atomic E-state index is -0.694. The summed E-state index contributed by atoms with van der Waals surface area (Å²) in [6.45, 7) is 10.6. The molecule has 0 radical (unpaired) electrons. The monoisotopic (exact) mass is 536 g/mol. The van der Waals surface area contributed by atoms with Crippen LogP contribution in [0, 0.1) is 0 Å². The van der Waals surface area contributed by atoms with E-state index in [9.17, 15) is 9.59 Å². The molecule has 1 aliphatic rings. The molecular formula is C37H28O4. The Balaban J connectivity index is 1.62. The highest BCUT2D eigenvalue weighted by molar-refractivity contribution is 6.00. The van der Waals surface area contributed by atoms with E-state index in [-0.39, 0.29) is 0 Å². The van der Waals surface area contributed by atoms with Gasteiger partial charge in [-0.3, -0.25) is 0 Å². The molecule has 0 bridgehead atoms. The number of carbonyl (C=O) groups is 2. The largest absolute Gasteiger partial charge is 0.423 e. The van der Waals surface area contributed by atoms with Crippen molar-refractivity contribution in [3.05, 3.63) is 156 Å². The molecule has 0 aliphatic heterocycles. The quantitative estimate of drug-likeness (QED) is 0.122. The fourth-order valence-corrected chi connectivity index (χ4v) is 5.78. The van der Waals surface area contributed by atoms with Gasteiger partial charge in [0.05, 0.1) is 5.41 Å². The summed E-state index contributed by atoms with van der Waals surface area (Å²) >= 11 is 0. The van der Waals surface area contributed by atoms with E-state index < -0.39 is 17.4 Å². The molecule has 6 rings (SSSR count). The van der Waals surface area contributed by atoms with Crippen molar-refractivity contribution < 1.29 is 19.1 Å². The standard InChI is InChI=1S/C37H28O4/c1-23(2)35(38)40-28-18-14-26(15-19-28)37(27-16-20-29(21-17-27)41-36(39)24(3)4)33-12-8-7-11-31(33)32-22-13-25-9-5-6-10-30(25)34(32)37/h5-22H,1,3H2,2,4H3. The lowest BCUT2D eigenvalue weighted by molar-refractivity contribution is -0.130. The maximum absolute atomic E-state index is 12.2. The summed E-state index contributed by atoms with van der Waals surface area (Å²) < 4.78 is 11.0. The zero-order chi connectivity index (χ0) is 28.7. The summed E-state index contributed by atoms with van der Waals surface area (Å²) in [5.41, 5.74) is 6.65. The van der Waals surface area contributed by atoms with Gasteiger partial charge in [0.25, 0.3) is 0 Å². The summed E-state index contributed by atoms with van der Waals surface area (Å²) in [6.07, 6.45) is 0. The van der Waals surface area contributed by atoms with Crippen molar-refractivity contribution >= 4 is 22.7 Å². The predicted octanol–water partition coefficient (Wildman–Crippen LogP) is 8.17. The molecule has 0 saturated heterocycles. The summed E-state index contributed by atoms with van der Waals surface area (Å²) in [4.78, 5) is 24.4. The van der Waals surface area contributed by atoms with Gasteiger partial charge in [0.15, 0.2) is 0 Å². The number of esters is 2. The highest BCUT2D eigenvalue weighted by Gasteiger charge is 2.47. The molecule has 0 amide bonds. The Morgan fingerprint density at radius 3 is 1.66 bits per heavy atom. The van der Waals surface area contributed by atoms with Crippen molar-refractivity contribution in [1.29, 1.82) is 0 Å². The number of rotatable bonds is 6. The van der Waals surface area contributed by atoms with Crippen molar-refractivity contribution in [3.8, 4) is 22.6 Å². The summed E-state index contributed by atoms with van der Waals surface area (Å²) in [5.74, 6) is -0.0309. The van der Waals surface area contributed by atoms with Crippen LogP contribution in [0.2, 0.25) is 0 Å². The molecule has 4 nitrogen and oxygen atoms in total. The van der Waals surface area contributed by atoms with Gasteiger partial charge in [0.2, 0.25) is 0 Å². The van der Waals surface area contributed by atoms with E-state index in [1.807, 2.05) is 54.6 Å². The van der Waals surface area contributed by atoms with Crippen LogP contribution >= 0.6 is 0 Å². The number of hydrogen-bond donors (Lipinski definition) is 0. The first-order chi connectivity index (χ1) is 19.8. The average Bonchev–Trinajstić information content (AvgIpc) is 3.29. The molecule has 5 aromatic rings. The third-order valence-corrected chi connectivity index (χ3v) is 7.62. The van der Waals surface area contributed by atoms with E-state index >= 15 is 0 Å². The van der Waals surface area contributed by atoms with Crippen LogP contribution in [0.25, 0.3) is 21.9 Å².